The summed E-state index contributed by atoms with van der Waals surface area (Å²) in [5, 5.41) is 0. The van der Waals surface area contributed by atoms with Crippen LogP contribution in [0, 0.1) is 6.92 Å². The fourth-order valence-corrected chi connectivity index (χ4v) is 2.43. The van der Waals surface area contributed by atoms with Crippen molar-refractivity contribution in [1.82, 2.24) is 0 Å². The predicted octanol–water partition coefficient (Wildman–Crippen LogP) is 4.06. The summed E-state index contributed by atoms with van der Waals surface area (Å²) in [6.07, 6.45) is 0.854. The SMILES string of the molecule is COc1cc(C)ccc1Oc1ccc(CCN)cc1Br. The normalized spacial score (nSPS) is 10.4. The Morgan fingerprint density at radius 2 is 1.80 bits per heavy atom. The first-order valence-corrected chi connectivity index (χ1v) is 7.24. The van der Waals surface area contributed by atoms with Crippen LogP contribution < -0.4 is 15.2 Å². The molecule has 0 spiro atoms. The van der Waals surface area contributed by atoms with Gasteiger partial charge >= 0.3 is 0 Å². The summed E-state index contributed by atoms with van der Waals surface area (Å²) in [6, 6.07) is 11.8. The highest BCUT2D eigenvalue weighted by molar-refractivity contribution is 9.10. The van der Waals surface area contributed by atoms with Gasteiger partial charge in [0.2, 0.25) is 0 Å². The Hall–Kier alpha value is -1.52. The molecule has 0 unspecified atom stereocenters. The van der Waals surface area contributed by atoms with Crippen LogP contribution in [0.25, 0.3) is 0 Å². The lowest BCUT2D eigenvalue weighted by molar-refractivity contribution is 0.378. The number of aryl methyl sites for hydroxylation is 1. The molecule has 106 valence electrons. The maximum atomic E-state index is 5.92. The smallest absolute Gasteiger partial charge is 0.169 e. The highest BCUT2D eigenvalue weighted by Gasteiger charge is 2.09. The van der Waals surface area contributed by atoms with Crippen LogP contribution in [-0.2, 0) is 6.42 Å². The molecule has 0 atom stereocenters. The lowest BCUT2D eigenvalue weighted by Crippen LogP contribution is -2.02. The van der Waals surface area contributed by atoms with E-state index in [2.05, 4.69) is 15.9 Å². The van der Waals surface area contributed by atoms with Crippen LogP contribution in [0.5, 0.6) is 17.2 Å². The number of methoxy groups -OCH3 is 1. The fraction of sp³-hybridized carbons (Fsp3) is 0.250. The number of ether oxygens (including phenoxy) is 2. The lowest BCUT2D eigenvalue weighted by atomic mass is 10.1. The first kappa shape index (κ1) is 14.9. The van der Waals surface area contributed by atoms with E-state index >= 15 is 0 Å². The number of nitrogens with two attached hydrogens (primary N) is 1. The maximum Gasteiger partial charge on any atom is 0.169 e. The largest absolute Gasteiger partial charge is 0.493 e. The van der Waals surface area contributed by atoms with Crippen molar-refractivity contribution in [2.75, 3.05) is 13.7 Å². The standard InChI is InChI=1S/C16H18BrNO2/c1-11-3-5-15(16(9-11)19-2)20-14-6-4-12(7-8-18)10-13(14)17/h3-6,9-10H,7-8,18H2,1-2H3. The predicted molar refractivity (Wildman–Crippen MR) is 84.7 cm³/mol. The average Bonchev–Trinajstić information content (AvgIpc) is 2.43. The fourth-order valence-electron chi connectivity index (χ4n) is 1.93. The second kappa shape index (κ2) is 6.77. The van der Waals surface area contributed by atoms with Gasteiger partial charge in [-0.25, -0.2) is 0 Å². The highest BCUT2D eigenvalue weighted by Crippen LogP contribution is 2.36. The Morgan fingerprint density at radius 1 is 1.05 bits per heavy atom. The minimum absolute atomic E-state index is 0.637. The summed E-state index contributed by atoms with van der Waals surface area (Å²) < 4.78 is 12.2. The van der Waals surface area contributed by atoms with E-state index in [-0.39, 0.29) is 0 Å². The molecule has 2 rings (SSSR count). The minimum atomic E-state index is 0.637. The topological polar surface area (TPSA) is 44.5 Å². The van der Waals surface area contributed by atoms with Gasteiger partial charge in [-0.3, -0.25) is 0 Å². The van der Waals surface area contributed by atoms with Gasteiger partial charge < -0.3 is 15.2 Å². The van der Waals surface area contributed by atoms with E-state index in [1.54, 1.807) is 7.11 Å². The Bertz CT molecular complexity index is 599. The molecule has 2 N–H and O–H groups in total. The third-order valence-electron chi connectivity index (χ3n) is 2.97. The van der Waals surface area contributed by atoms with Crippen LogP contribution in [0.3, 0.4) is 0 Å². The van der Waals surface area contributed by atoms with Gasteiger partial charge in [-0.05, 0) is 71.2 Å². The van der Waals surface area contributed by atoms with Crippen molar-refractivity contribution >= 4 is 15.9 Å². The van der Waals surface area contributed by atoms with Crippen LogP contribution in [0.2, 0.25) is 0 Å². The highest BCUT2D eigenvalue weighted by atomic mass is 79.9. The van der Waals surface area contributed by atoms with E-state index in [4.69, 9.17) is 15.2 Å². The zero-order chi connectivity index (χ0) is 14.5. The molecular weight excluding hydrogens is 318 g/mol. The van der Waals surface area contributed by atoms with Crippen LogP contribution in [0.4, 0.5) is 0 Å². The first-order valence-electron chi connectivity index (χ1n) is 6.45. The molecule has 0 bridgehead atoms. The maximum absolute atomic E-state index is 5.92. The van der Waals surface area contributed by atoms with E-state index in [0.29, 0.717) is 12.3 Å². The second-order valence-electron chi connectivity index (χ2n) is 4.56. The van der Waals surface area contributed by atoms with E-state index < -0.39 is 0 Å². The summed E-state index contributed by atoms with van der Waals surface area (Å²) in [5.74, 6) is 2.18. The van der Waals surface area contributed by atoms with Crippen molar-refractivity contribution in [1.29, 1.82) is 0 Å². The van der Waals surface area contributed by atoms with E-state index in [0.717, 1.165) is 28.0 Å². The number of halogens is 1. The number of rotatable bonds is 5. The molecule has 0 heterocycles. The monoisotopic (exact) mass is 335 g/mol. The molecular formula is C16H18BrNO2. The Morgan fingerprint density at radius 3 is 2.45 bits per heavy atom. The first-order chi connectivity index (χ1) is 9.63. The van der Waals surface area contributed by atoms with Crippen molar-refractivity contribution in [2.45, 2.75) is 13.3 Å². The molecule has 4 heteroatoms. The lowest BCUT2D eigenvalue weighted by Gasteiger charge is -2.13. The van der Waals surface area contributed by atoms with Gasteiger partial charge in [0.05, 0.1) is 11.6 Å². The Balaban J connectivity index is 2.26. The van der Waals surface area contributed by atoms with Crippen molar-refractivity contribution in [3.05, 3.63) is 52.0 Å². The van der Waals surface area contributed by atoms with Crippen LogP contribution in [0.1, 0.15) is 11.1 Å². The second-order valence-corrected chi connectivity index (χ2v) is 5.41. The zero-order valence-electron chi connectivity index (χ0n) is 11.7. The molecule has 3 nitrogen and oxygen atoms in total. The summed E-state index contributed by atoms with van der Waals surface area (Å²) >= 11 is 3.53. The summed E-state index contributed by atoms with van der Waals surface area (Å²) in [4.78, 5) is 0. The van der Waals surface area contributed by atoms with E-state index in [1.807, 2.05) is 43.3 Å². The quantitative estimate of drug-likeness (QED) is 0.896. The summed E-state index contributed by atoms with van der Waals surface area (Å²) in [6.45, 7) is 2.66. The summed E-state index contributed by atoms with van der Waals surface area (Å²) in [7, 11) is 1.64. The van der Waals surface area contributed by atoms with E-state index in [1.165, 1.54) is 5.56 Å². The van der Waals surface area contributed by atoms with Gasteiger partial charge in [0, 0.05) is 0 Å². The summed E-state index contributed by atoms with van der Waals surface area (Å²) in [5.41, 5.74) is 7.88. The molecule has 0 fully saturated rings. The van der Waals surface area contributed by atoms with Gasteiger partial charge in [0.1, 0.15) is 5.75 Å². The van der Waals surface area contributed by atoms with Crippen molar-refractivity contribution in [3.8, 4) is 17.2 Å². The molecule has 0 aliphatic carbocycles. The zero-order valence-corrected chi connectivity index (χ0v) is 13.2. The van der Waals surface area contributed by atoms with E-state index in [9.17, 15) is 0 Å². The van der Waals surface area contributed by atoms with Crippen molar-refractivity contribution in [2.24, 2.45) is 5.73 Å². The molecule has 0 saturated heterocycles. The van der Waals surface area contributed by atoms with Gasteiger partial charge in [-0.15, -0.1) is 0 Å². The van der Waals surface area contributed by atoms with Crippen LogP contribution in [-0.4, -0.2) is 13.7 Å². The van der Waals surface area contributed by atoms with Crippen LogP contribution in [0.15, 0.2) is 40.9 Å². The van der Waals surface area contributed by atoms with Crippen LogP contribution >= 0.6 is 15.9 Å². The molecule has 0 aromatic heterocycles. The number of benzene rings is 2. The Kier molecular flexibility index (Phi) is 5.04. The molecule has 20 heavy (non-hydrogen) atoms. The third-order valence-corrected chi connectivity index (χ3v) is 3.59. The molecule has 0 aliphatic rings. The molecule has 0 saturated carbocycles. The Labute approximate surface area is 127 Å². The number of hydrogen-bond donors (Lipinski definition) is 1. The molecule has 2 aromatic rings. The number of hydrogen-bond acceptors (Lipinski definition) is 3. The van der Waals surface area contributed by atoms with Crippen molar-refractivity contribution < 1.29 is 9.47 Å². The molecule has 0 aliphatic heterocycles. The molecule has 0 amide bonds. The van der Waals surface area contributed by atoms with Gasteiger partial charge in [-0.2, -0.15) is 0 Å². The molecule has 2 aromatic carbocycles. The van der Waals surface area contributed by atoms with Gasteiger partial charge in [0.15, 0.2) is 11.5 Å². The average molecular weight is 336 g/mol. The van der Waals surface area contributed by atoms with Gasteiger partial charge in [0.25, 0.3) is 0 Å². The molecule has 0 radical (unpaired) electrons. The van der Waals surface area contributed by atoms with Gasteiger partial charge in [-0.1, -0.05) is 12.1 Å². The van der Waals surface area contributed by atoms with Crippen molar-refractivity contribution in [3.63, 3.8) is 0 Å². The minimum Gasteiger partial charge on any atom is -0.493 e. The third kappa shape index (κ3) is 3.52.